The maximum atomic E-state index is 12.4. The van der Waals surface area contributed by atoms with E-state index in [0.717, 1.165) is 31.6 Å². The van der Waals surface area contributed by atoms with E-state index in [9.17, 15) is 13.2 Å². The molecular formula is C15H24N4O3S. The van der Waals surface area contributed by atoms with E-state index in [1.54, 1.807) is 6.20 Å². The van der Waals surface area contributed by atoms with E-state index in [2.05, 4.69) is 20.4 Å². The fraction of sp³-hybridized carbons (Fsp3) is 0.733. The lowest BCUT2D eigenvalue weighted by molar-refractivity contribution is -0.126. The number of aromatic amines is 1. The first-order valence-electron chi connectivity index (χ1n) is 8.19. The number of aromatic nitrogens is 2. The number of sulfone groups is 1. The molecule has 0 radical (unpaired) electrons. The Kier molecular flexibility index (Phi) is 4.72. The third-order valence-electron chi connectivity index (χ3n) is 4.92. The van der Waals surface area contributed by atoms with E-state index >= 15 is 0 Å². The Morgan fingerprint density at radius 3 is 2.96 bits per heavy atom. The molecule has 3 heterocycles. The van der Waals surface area contributed by atoms with Gasteiger partial charge in [-0.3, -0.25) is 14.8 Å². The van der Waals surface area contributed by atoms with Crippen LogP contribution in [0.25, 0.3) is 0 Å². The van der Waals surface area contributed by atoms with Crippen molar-refractivity contribution in [3.05, 3.63) is 18.0 Å². The number of hydrogen-bond donors (Lipinski definition) is 2. The molecule has 0 aromatic carbocycles. The van der Waals surface area contributed by atoms with Crippen LogP contribution in [0.5, 0.6) is 0 Å². The molecule has 2 fully saturated rings. The van der Waals surface area contributed by atoms with E-state index in [0.29, 0.717) is 12.3 Å². The molecule has 8 heteroatoms. The van der Waals surface area contributed by atoms with Crippen molar-refractivity contribution in [3.8, 4) is 0 Å². The van der Waals surface area contributed by atoms with Crippen LogP contribution in [0.4, 0.5) is 0 Å². The summed E-state index contributed by atoms with van der Waals surface area (Å²) in [5, 5.41) is 9.93. The van der Waals surface area contributed by atoms with E-state index in [4.69, 9.17) is 0 Å². The Hall–Kier alpha value is -1.41. The summed E-state index contributed by atoms with van der Waals surface area (Å²) in [7, 11) is -2.97. The molecule has 1 amide bonds. The highest BCUT2D eigenvalue weighted by Crippen LogP contribution is 2.26. The summed E-state index contributed by atoms with van der Waals surface area (Å²) < 4.78 is 23.0. The third kappa shape index (κ3) is 3.92. The lowest BCUT2D eigenvalue weighted by atomic mass is 9.94. The predicted molar refractivity (Wildman–Crippen MR) is 86.8 cm³/mol. The summed E-state index contributed by atoms with van der Waals surface area (Å²) in [4.78, 5) is 14.6. The Balaban J connectivity index is 1.56. The summed E-state index contributed by atoms with van der Waals surface area (Å²) in [6, 6.07) is 1.51. The molecule has 7 nitrogen and oxygen atoms in total. The summed E-state index contributed by atoms with van der Waals surface area (Å²) in [5.41, 5.74) is 1.11. The Bertz CT molecular complexity index is 644. The average molecular weight is 340 g/mol. The van der Waals surface area contributed by atoms with Crippen LogP contribution in [0.15, 0.2) is 12.3 Å². The highest BCUT2D eigenvalue weighted by molar-refractivity contribution is 7.91. The van der Waals surface area contributed by atoms with Crippen molar-refractivity contribution >= 4 is 15.7 Å². The molecule has 0 aliphatic carbocycles. The van der Waals surface area contributed by atoms with Crippen LogP contribution in [0.1, 0.15) is 37.8 Å². The molecule has 2 saturated heterocycles. The van der Waals surface area contributed by atoms with Crippen LogP contribution in [-0.2, 0) is 14.6 Å². The lowest BCUT2D eigenvalue weighted by Gasteiger charge is -2.36. The number of carbonyl (C=O) groups is 1. The first-order chi connectivity index (χ1) is 10.9. The monoisotopic (exact) mass is 340 g/mol. The molecule has 3 unspecified atom stereocenters. The van der Waals surface area contributed by atoms with Gasteiger partial charge in [-0.05, 0) is 38.8 Å². The van der Waals surface area contributed by atoms with Crippen LogP contribution in [-0.4, -0.2) is 66.1 Å². The van der Waals surface area contributed by atoms with Gasteiger partial charge in [-0.1, -0.05) is 0 Å². The van der Waals surface area contributed by atoms with Gasteiger partial charge in [0.2, 0.25) is 5.91 Å². The zero-order chi connectivity index (χ0) is 16.4. The first kappa shape index (κ1) is 16.4. The number of rotatable bonds is 4. The second kappa shape index (κ2) is 6.60. The van der Waals surface area contributed by atoms with E-state index in [-0.39, 0.29) is 29.5 Å². The number of carbonyl (C=O) groups excluding carboxylic acids is 1. The SMILES string of the molecule is CC(C(=O)NC1CCS(=O)(=O)C1)N1CCCC(c2ccn[nH]2)C1. The Morgan fingerprint density at radius 2 is 2.30 bits per heavy atom. The van der Waals surface area contributed by atoms with Gasteiger partial charge in [-0.15, -0.1) is 0 Å². The predicted octanol–water partition coefficient (Wildman–Crippen LogP) is 0.281. The molecule has 0 bridgehead atoms. The standard InChI is InChI=1S/C15H24N4O3S/c1-11(15(20)17-13-5-8-23(21,22)10-13)19-7-2-3-12(9-19)14-4-6-16-18-14/h4,6,11-13H,2-3,5,7-10H2,1H3,(H,16,18)(H,17,20). The van der Waals surface area contributed by atoms with E-state index in [1.807, 2.05) is 13.0 Å². The second-order valence-electron chi connectivity index (χ2n) is 6.63. The lowest BCUT2D eigenvalue weighted by Crippen LogP contribution is -2.51. The molecule has 2 aliphatic rings. The summed E-state index contributed by atoms with van der Waals surface area (Å²) in [5.74, 6) is 0.547. The van der Waals surface area contributed by atoms with Crippen molar-refractivity contribution in [1.82, 2.24) is 20.4 Å². The summed E-state index contributed by atoms with van der Waals surface area (Å²) in [6.45, 7) is 3.61. The number of nitrogens with one attached hydrogen (secondary N) is 2. The topological polar surface area (TPSA) is 95.2 Å². The van der Waals surface area contributed by atoms with Crippen molar-refractivity contribution in [3.63, 3.8) is 0 Å². The number of likely N-dealkylation sites (tertiary alicyclic amines) is 1. The fourth-order valence-corrected chi connectivity index (χ4v) is 5.18. The van der Waals surface area contributed by atoms with Gasteiger partial charge in [0.25, 0.3) is 0 Å². The van der Waals surface area contributed by atoms with Crippen LogP contribution < -0.4 is 5.32 Å². The van der Waals surface area contributed by atoms with E-state index < -0.39 is 9.84 Å². The number of H-pyrrole nitrogens is 1. The van der Waals surface area contributed by atoms with Gasteiger partial charge in [-0.2, -0.15) is 5.10 Å². The molecule has 3 rings (SSSR count). The molecule has 1 aromatic heterocycles. The number of amides is 1. The maximum Gasteiger partial charge on any atom is 0.237 e. The van der Waals surface area contributed by atoms with Crippen LogP contribution in [0.2, 0.25) is 0 Å². The molecule has 1 aromatic rings. The zero-order valence-corrected chi connectivity index (χ0v) is 14.2. The fourth-order valence-electron chi connectivity index (χ4n) is 3.50. The van der Waals surface area contributed by atoms with Gasteiger partial charge in [0.05, 0.1) is 17.5 Å². The molecule has 23 heavy (non-hydrogen) atoms. The minimum atomic E-state index is -2.97. The van der Waals surface area contributed by atoms with Crippen LogP contribution >= 0.6 is 0 Å². The molecular weight excluding hydrogens is 316 g/mol. The highest BCUT2D eigenvalue weighted by atomic mass is 32.2. The van der Waals surface area contributed by atoms with Gasteiger partial charge in [0, 0.05) is 30.4 Å². The largest absolute Gasteiger partial charge is 0.351 e. The summed E-state index contributed by atoms with van der Waals surface area (Å²) >= 11 is 0. The smallest absolute Gasteiger partial charge is 0.237 e. The molecule has 3 atom stereocenters. The van der Waals surface area contributed by atoms with Crippen molar-refractivity contribution in [1.29, 1.82) is 0 Å². The average Bonchev–Trinajstić information content (AvgIpc) is 3.16. The minimum absolute atomic E-state index is 0.0717. The minimum Gasteiger partial charge on any atom is -0.351 e. The van der Waals surface area contributed by atoms with Gasteiger partial charge < -0.3 is 5.32 Å². The van der Waals surface area contributed by atoms with E-state index in [1.165, 1.54) is 0 Å². The Labute approximate surface area is 136 Å². The van der Waals surface area contributed by atoms with Gasteiger partial charge in [0.15, 0.2) is 9.84 Å². The van der Waals surface area contributed by atoms with Crippen LogP contribution in [0, 0.1) is 0 Å². The quantitative estimate of drug-likeness (QED) is 0.821. The molecule has 2 aliphatic heterocycles. The maximum absolute atomic E-state index is 12.4. The second-order valence-corrected chi connectivity index (χ2v) is 8.86. The van der Waals surface area contributed by atoms with Gasteiger partial charge >= 0.3 is 0 Å². The molecule has 0 spiro atoms. The van der Waals surface area contributed by atoms with Gasteiger partial charge in [0.1, 0.15) is 0 Å². The van der Waals surface area contributed by atoms with Crippen LogP contribution in [0.3, 0.4) is 0 Å². The van der Waals surface area contributed by atoms with Crippen molar-refractivity contribution in [2.45, 2.75) is 44.2 Å². The molecule has 128 valence electrons. The van der Waals surface area contributed by atoms with Crippen molar-refractivity contribution in [2.24, 2.45) is 0 Å². The summed E-state index contributed by atoms with van der Waals surface area (Å²) in [6.07, 6.45) is 4.41. The normalized spacial score (nSPS) is 29.3. The Morgan fingerprint density at radius 1 is 1.48 bits per heavy atom. The highest BCUT2D eigenvalue weighted by Gasteiger charge is 2.33. The first-order valence-corrected chi connectivity index (χ1v) is 10.0. The van der Waals surface area contributed by atoms with Crippen molar-refractivity contribution < 1.29 is 13.2 Å². The number of hydrogen-bond acceptors (Lipinski definition) is 5. The third-order valence-corrected chi connectivity index (χ3v) is 6.69. The van der Waals surface area contributed by atoms with Gasteiger partial charge in [-0.25, -0.2) is 8.42 Å². The number of piperidine rings is 1. The zero-order valence-electron chi connectivity index (χ0n) is 13.4. The van der Waals surface area contributed by atoms with Crippen molar-refractivity contribution in [2.75, 3.05) is 24.6 Å². The molecule has 2 N–H and O–H groups in total. The molecule has 0 saturated carbocycles. The number of nitrogens with zero attached hydrogens (tertiary/aromatic N) is 2.